The van der Waals surface area contributed by atoms with Gasteiger partial charge in [-0.15, -0.1) is 5.10 Å². The predicted molar refractivity (Wildman–Crippen MR) is 104 cm³/mol. The van der Waals surface area contributed by atoms with Crippen molar-refractivity contribution in [3.05, 3.63) is 53.6 Å². The van der Waals surface area contributed by atoms with Gasteiger partial charge in [-0.25, -0.2) is 13.1 Å². The Hall–Kier alpha value is -3.07. The Morgan fingerprint density at radius 3 is 2.68 bits per heavy atom. The van der Waals surface area contributed by atoms with E-state index in [1.54, 1.807) is 29.8 Å². The van der Waals surface area contributed by atoms with E-state index >= 15 is 0 Å². The largest absolute Gasteiger partial charge is 0.322 e. The summed E-state index contributed by atoms with van der Waals surface area (Å²) in [5.41, 5.74) is 2.39. The van der Waals surface area contributed by atoms with Crippen LogP contribution in [-0.4, -0.2) is 40.8 Å². The Bertz CT molecular complexity index is 1170. The second-order valence-corrected chi connectivity index (χ2v) is 8.98. The van der Waals surface area contributed by atoms with Gasteiger partial charge in [-0.2, -0.15) is 0 Å². The molecule has 1 heterocycles. The molecule has 0 radical (unpaired) electrons. The highest BCUT2D eigenvalue weighted by Crippen LogP contribution is 2.36. The number of aromatic nitrogens is 4. The summed E-state index contributed by atoms with van der Waals surface area (Å²) in [5.74, 6) is 0.288. The zero-order chi connectivity index (χ0) is 19.9. The van der Waals surface area contributed by atoms with Crippen LogP contribution in [0.4, 0.5) is 5.69 Å². The van der Waals surface area contributed by atoms with Gasteiger partial charge in [0.05, 0.1) is 10.9 Å². The number of amides is 1. The van der Waals surface area contributed by atoms with Crippen molar-refractivity contribution in [1.29, 1.82) is 0 Å². The summed E-state index contributed by atoms with van der Waals surface area (Å²) >= 11 is 0. The molecule has 0 aliphatic heterocycles. The summed E-state index contributed by atoms with van der Waals surface area (Å²) in [6, 6.07) is 12.1. The first-order chi connectivity index (χ1) is 13.3. The predicted octanol–water partition coefficient (Wildman–Crippen LogP) is 2.64. The normalized spacial score (nSPS) is 14.1. The van der Waals surface area contributed by atoms with Crippen LogP contribution < -0.4 is 5.32 Å². The minimum Gasteiger partial charge on any atom is -0.322 e. The molecule has 1 fully saturated rings. The van der Waals surface area contributed by atoms with Crippen molar-refractivity contribution < 1.29 is 13.2 Å². The molecule has 0 spiro atoms. The number of carbonyl (C=O) groups is 1. The van der Waals surface area contributed by atoms with E-state index in [2.05, 4.69) is 20.8 Å². The number of hydrogen-bond acceptors (Lipinski definition) is 6. The van der Waals surface area contributed by atoms with Gasteiger partial charge >= 0.3 is 0 Å². The van der Waals surface area contributed by atoms with E-state index in [1.165, 1.54) is 12.1 Å². The average molecular weight is 397 g/mol. The van der Waals surface area contributed by atoms with Crippen molar-refractivity contribution in [2.45, 2.75) is 30.7 Å². The summed E-state index contributed by atoms with van der Waals surface area (Å²) in [7, 11) is -3.40. The van der Waals surface area contributed by atoms with Gasteiger partial charge in [0.1, 0.15) is 0 Å². The van der Waals surface area contributed by atoms with Crippen molar-refractivity contribution in [2.24, 2.45) is 0 Å². The molecule has 0 bridgehead atoms. The fraction of sp³-hybridized carbons (Fsp3) is 0.263. The van der Waals surface area contributed by atoms with Crippen LogP contribution in [0.3, 0.4) is 0 Å². The second kappa shape index (κ2) is 6.83. The van der Waals surface area contributed by atoms with Gasteiger partial charge in [-0.3, -0.25) is 4.79 Å². The molecule has 28 heavy (non-hydrogen) atoms. The minimum atomic E-state index is -3.40. The molecule has 3 aromatic rings. The topological polar surface area (TPSA) is 107 Å². The van der Waals surface area contributed by atoms with E-state index in [4.69, 9.17) is 0 Å². The van der Waals surface area contributed by atoms with Crippen LogP contribution in [0.5, 0.6) is 0 Å². The van der Waals surface area contributed by atoms with E-state index in [0.717, 1.165) is 24.7 Å². The van der Waals surface area contributed by atoms with Crippen LogP contribution in [0.15, 0.2) is 47.4 Å². The zero-order valence-electron chi connectivity index (χ0n) is 15.5. The standard InChI is InChI=1S/C19H19N5O3S/c1-12-6-9-16(28(2,26)27)11-17(12)19(25)20-14-5-3-4-13(10-14)18-21-22-23-24(18)15-7-8-15/h3-6,9-11,15H,7-8H2,1-2H3,(H,20,25). The molecule has 0 unspecified atom stereocenters. The average Bonchev–Trinajstić information content (AvgIpc) is 3.37. The lowest BCUT2D eigenvalue weighted by Gasteiger charge is -2.10. The molecule has 1 N–H and O–H groups in total. The molecule has 1 amide bonds. The summed E-state index contributed by atoms with van der Waals surface area (Å²) in [6.45, 7) is 1.77. The van der Waals surface area contributed by atoms with Gasteiger partial charge in [0.15, 0.2) is 15.7 Å². The first-order valence-electron chi connectivity index (χ1n) is 8.83. The lowest BCUT2D eigenvalue weighted by molar-refractivity contribution is 0.102. The number of anilines is 1. The van der Waals surface area contributed by atoms with Crippen LogP contribution in [0.25, 0.3) is 11.4 Å². The van der Waals surface area contributed by atoms with E-state index in [-0.39, 0.29) is 10.8 Å². The summed E-state index contributed by atoms with van der Waals surface area (Å²) < 4.78 is 25.4. The highest BCUT2D eigenvalue weighted by atomic mass is 32.2. The molecule has 1 saturated carbocycles. The monoisotopic (exact) mass is 397 g/mol. The van der Waals surface area contributed by atoms with E-state index in [9.17, 15) is 13.2 Å². The first-order valence-corrected chi connectivity index (χ1v) is 10.7. The fourth-order valence-corrected chi connectivity index (χ4v) is 3.61. The van der Waals surface area contributed by atoms with Crippen LogP contribution in [0.2, 0.25) is 0 Å². The van der Waals surface area contributed by atoms with Crippen molar-refractivity contribution in [3.8, 4) is 11.4 Å². The number of tetrazole rings is 1. The van der Waals surface area contributed by atoms with E-state index in [0.29, 0.717) is 28.7 Å². The molecular formula is C19H19N5O3S. The third-order valence-corrected chi connectivity index (χ3v) is 5.76. The summed E-state index contributed by atoms with van der Waals surface area (Å²) in [6.07, 6.45) is 3.24. The maximum atomic E-state index is 12.7. The Balaban J connectivity index is 1.62. The highest BCUT2D eigenvalue weighted by molar-refractivity contribution is 7.90. The molecule has 9 heteroatoms. The van der Waals surface area contributed by atoms with Crippen LogP contribution in [0, 0.1) is 6.92 Å². The number of rotatable bonds is 5. The molecule has 2 aromatic carbocycles. The number of nitrogens with zero attached hydrogens (tertiary/aromatic N) is 4. The summed E-state index contributed by atoms with van der Waals surface area (Å²) in [5, 5.41) is 14.7. The maximum absolute atomic E-state index is 12.7. The van der Waals surface area contributed by atoms with Crippen molar-refractivity contribution in [2.75, 3.05) is 11.6 Å². The van der Waals surface area contributed by atoms with Crippen molar-refractivity contribution >= 4 is 21.4 Å². The minimum absolute atomic E-state index is 0.112. The number of benzene rings is 2. The Morgan fingerprint density at radius 2 is 1.96 bits per heavy atom. The maximum Gasteiger partial charge on any atom is 0.255 e. The number of aryl methyl sites for hydroxylation is 1. The van der Waals surface area contributed by atoms with E-state index < -0.39 is 9.84 Å². The van der Waals surface area contributed by atoms with Crippen molar-refractivity contribution in [3.63, 3.8) is 0 Å². The second-order valence-electron chi connectivity index (χ2n) is 6.96. The number of sulfone groups is 1. The van der Waals surface area contributed by atoms with Gasteiger partial charge in [0, 0.05) is 23.1 Å². The molecule has 0 atom stereocenters. The lowest BCUT2D eigenvalue weighted by atomic mass is 10.1. The third kappa shape index (κ3) is 3.65. The van der Waals surface area contributed by atoms with Crippen LogP contribution >= 0.6 is 0 Å². The molecule has 144 valence electrons. The summed E-state index contributed by atoms with van der Waals surface area (Å²) in [4.78, 5) is 12.9. The first kappa shape index (κ1) is 18.3. The SMILES string of the molecule is Cc1ccc(S(C)(=O)=O)cc1C(=O)Nc1cccc(-c2nnnn2C2CC2)c1. The van der Waals surface area contributed by atoms with Gasteiger partial charge in [0.2, 0.25) is 0 Å². The molecule has 0 saturated heterocycles. The van der Waals surface area contributed by atoms with Gasteiger partial charge in [-0.05, 0) is 60.0 Å². The van der Waals surface area contributed by atoms with Gasteiger partial charge in [0.25, 0.3) is 5.91 Å². The van der Waals surface area contributed by atoms with Crippen molar-refractivity contribution in [1.82, 2.24) is 20.2 Å². The third-order valence-electron chi connectivity index (χ3n) is 4.65. The fourth-order valence-electron chi connectivity index (χ4n) is 2.96. The van der Waals surface area contributed by atoms with Gasteiger partial charge < -0.3 is 5.32 Å². The Morgan fingerprint density at radius 1 is 1.18 bits per heavy atom. The Labute approximate surface area is 162 Å². The molecule has 1 aliphatic carbocycles. The quantitative estimate of drug-likeness (QED) is 0.709. The number of nitrogens with one attached hydrogen (secondary N) is 1. The molecule has 1 aromatic heterocycles. The zero-order valence-corrected chi connectivity index (χ0v) is 16.3. The lowest BCUT2D eigenvalue weighted by Crippen LogP contribution is -2.14. The van der Waals surface area contributed by atoms with Crippen LogP contribution in [0.1, 0.15) is 34.8 Å². The number of hydrogen-bond donors (Lipinski definition) is 1. The Kier molecular flexibility index (Phi) is 4.46. The molecule has 4 rings (SSSR count). The number of carbonyl (C=O) groups excluding carboxylic acids is 1. The molecule has 8 nitrogen and oxygen atoms in total. The van der Waals surface area contributed by atoms with Crippen LogP contribution in [-0.2, 0) is 9.84 Å². The molecular weight excluding hydrogens is 378 g/mol. The van der Waals surface area contributed by atoms with Gasteiger partial charge in [-0.1, -0.05) is 18.2 Å². The molecule has 1 aliphatic rings. The van der Waals surface area contributed by atoms with E-state index in [1.807, 2.05) is 12.1 Å². The highest BCUT2D eigenvalue weighted by Gasteiger charge is 2.28. The smallest absolute Gasteiger partial charge is 0.255 e.